The maximum atomic E-state index is 14.5. The van der Waals surface area contributed by atoms with Gasteiger partial charge in [-0.1, -0.05) is 42.5 Å². The number of halogens is 1. The van der Waals surface area contributed by atoms with E-state index in [-0.39, 0.29) is 17.5 Å². The van der Waals surface area contributed by atoms with E-state index in [0.717, 1.165) is 33.4 Å². The van der Waals surface area contributed by atoms with Crippen LogP contribution in [-0.4, -0.2) is 22.4 Å². The Morgan fingerprint density at radius 1 is 0.914 bits per heavy atom. The summed E-state index contributed by atoms with van der Waals surface area (Å²) in [4.78, 5) is 20.9. The topological polar surface area (TPSA) is 80.0 Å². The third-order valence-electron chi connectivity index (χ3n) is 5.74. The molecule has 0 unspecified atom stereocenters. The fraction of sp³-hybridized carbons (Fsp3) is 0.107. The number of aromatic nitrogens is 2. The van der Waals surface area contributed by atoms with Gasteiger partial charge in [0.1, 0.15) is 18.0 Å². The largest absolute Gasteiger partial charge is 0.459 e. The SMILES string of the molecule is O=C(NCCc1cc(-c2ccc3ncnc(NCc4ccccc4)c3c2)ccc1F)c1ccco1. The number of carbonyl (C=O) groups excluding carboxylic acids is 1. The highest BCUT2D eigenvalue weighted by Crippen LogP contribution is 2.28. The number of amides is 1. The standard InChI is InChI=1S/C28H23FN4O2/c29-24-10-8-20(15-22(24)12-13-30-28(34)26-7-4-14-35-26)21-9-11-25-23(16-21)27(33-18-32-25)31-17-19-5-2-1-3-6-19/h1-11,14-16,18H,12-13,17H2,(H,30,34)(H,31,32,33). The van der Waals surface area contributed by atoms with Crippen molar-refractivity contribution in [3.8, 4) is 11.1 Å². The second-order valence-corrected chi connectivity index (χ2v) is 8.08. The van der Waals surface area contributed by atoms with Crippen LogP contribution in [0.15, 0.2) is 95.9 Å². The third kappa shape index (κ3) is 5.19. The van der Waals surface area contributed by atoms with E-state index in [2.05, 4.69) is 32.7 Å². The van der Waals surface area contributed by atoms with Crippen molar-refractivity contribution >= 4 is 22.6 Å². The first-order chi connectivity index (χ1) is 17.2. The molecule has 0 atom stereocenters. The lowest BCUT2D eigenvalue weighted by atomic mass is 9.99. The molecule has 6 nitrogen and oxygen atoms in total. The molecule has 0 aliphatic heterocycles. The Bertz CT molecular complexity index is 1450. The van der Waals surface area contributed by atoms with Gasteiger partial charge in [-0.2, -0.15) is 0 Å². The maximum absolute atomic E-state index is 14.5. The third-order valence-corrected chi connectivity index (χ3v) is 5.74. The minimum atomic E-state index is -0.323. The smallest absolute Gasteiger partial charge is 0.286 e. The van der Waals surface area contributed by atoms with Crippen molar-refractivity contribution in [1.29, 1.82) is 0 Å². The minimum absolute atomic E-state index is 0.231. The number of rotatable bonds is 8. The number of fused-ring (bicyclic) bond motifs is 1. The predicted octanol–water partition coefficient (Wildman–Crippen LogP) is 5.61. The molecule has 2 heterocycles. The first-order valence-corrected chi connectivity index (χ1v) is 11.3. The second-order valence-electron chi connectivity index (χ2n) is 8.08. The monoisotopic (exact) mass is 466 g/mol. The van der Waals surface area contributed by atoms with Crippen LogP contribution in [-0.2, 0) is 13.0 Å². The van der Waals surface area contributed by atoms with Crippen molar-refractivity contribution in [3.63, 3.8) is 0 Å². The number of benzene rings is 3. The number of furan rings is 1. The lowest BCUT2D eigenvalue weighted by molar-refractivity contribution is 0.0926. The van der Waals surface area contributed by atoms with Crippen molar-refractivity contribution < 1.29 is 13.6 Å². The van der Waals surface area contributed by atoms with Gasteiger partial charge < -0.3 is 15.1 Å². The van der Waals surface area contributed by atoms with Crippen molar-refractivity contribution in [1.82, 2.24) is 15.3 Å². The molecule has 2 N–H and O–H groups in total. The average Bonchev–Trinajstić information content (AvgIpc) is 3.44. The zero-order valence-corrected chi connectivity index (χ0v) is 18.9. The van der Waals surface area contributed by atoms with Gasteiger partial charge in [-0.15, -0.1) is 0 Å². The number of nitrogens with zero attached hydrogens (tertiary/aromatic N) is 2. The van der Waals surface area contributed by atoms with E-state index < -0.39 is 0 Å². The zero-order chi connectivity index (χ0) is 24.0. The van der Waals surface area contributed by atoms with E-state index in [1.165, 1.54) is 12.3 Å². The summed E-state index contributed by atoms with van der Waals surface area (Å²) in [5.41, 5.74) is 4.29. The van der Waals surface area contributed by atoms with Crippen molar-refractivity contribution in [2.75, 3.05) is 11.9 Å². The molecule has 2 aromatic heterocycles. The van der Waals surface area contributed by atoms with Crippen molar-refractivity contribution in [2.45, 2.75) is 13.0 Å². The molecule has 35 heavy (non-hydrogen) atoms. The summed E-state index contributed by atoms with van der Waals surface area (Å²) >= 11 is 0. The van der Waals surface area contributed by atoms with Gasteiger partial charge >= 0.3 is 0 Å². The van der Waals surface area contributed by atoms with Crippen LogP contribution in [0.1, 0.15) is 21.7 Å². The van der Waals surface area contributed by atoms with E-state index in [4.69, 9.17) is 4.42 Å². The first kappa shape index (κ1) is 22.3. The summed E-state index contributed by atoms with van der Waals surface area (Å²) in [5, 5.41) is 7.04. The van der Waals surface area contributed by atoms with Crippen LogP contribution in [0.3, 0.4) is 0 Å². The Morgan fingerprint density at radius 2 is 1.74 bits per heavy atom. The molecule has 0 radical (unpaired) electrons. The maximum Gasteiger partial charge on any atom is 0.286 e. The predicted molar refractivity (Wildman–Crippen MR) is 133 cm³/mol. The quantitative estimate of drug-likeness (QED) is 0.311. The molecule has 7 heteroatoms. The summed E-state index contributed by atoms with van der Waals surface area (Å²) in [5.74, 6) is 0.338. The summed E-state index contributed by atoms with van der Waals surface area (Å²) in [6.45, 7) is 0.931. The fourth-order valence-electron chi connectivity index (χ4n) is 3.91. The molecule has 0 bridgehead atoms. The van der Waals surface area contributed by atoms with Crippen molar-refractivity contribution in [3.05, 3.63) is 114 Å². The number of anilines is 1. The van der Waals surface area contributed by atoms with Crippen LogP contribution in [0.5, 0.6) is 0 Å². The van der Waals surface area contributed by atoms with Crippen LogP contribution in [0.4, 0.5) is 10.2 Å². The Hall–Kier alpha value is -4.52. The fourth-order valence-corrected chi connectivity index (χ4v) is 3.91. The number of hydrogen-bond donors (Lipinski definition) is 2. The highest BCUT2D eigenvalue weighted by Gasteiger charge is 2.11. The van der Waals surface area contributed by atoms with Gasteiger partial charge in [0.2, 0.25) is 0 Å². The van der Waals surface area contributed by atoms with E-state index in [9.17, 15) is 9.18 Å². The Labute approximate surface area is 201 Å². The number of nitrogens with one attached hydrogen (secondary N) is 2. The average molecular weight is 467 g/mol. The molecule has 5 rings (SSSR count). The van der Waals surface area contributed by atoms with Gasteiger partial charge in [0, 0.05) is 18.5 Å². The minimum Gasteiger partial charge on any atom is -0.459 e. The Kier molecular flexibility index (Phi) is 6.48. The van der Waals surface area contributed by atoms with Gasteiger partial charge in [0.25, 0.3) is 5.91 Å². The lowest BCUT2D eigenvalue weighted by Crippen LogP contribution is -2.25. The molecule has 0 fully saturated rings. The summed E-state index contributed by atoms with van der Waals surface area (Å²) in [7, 11) is 0. The van der Waals surface area contributed by atoms with Crippen LogP contribution in [0.2, 0.25) is 0 Å². The second kappa shape index (κ2) is 10.2. The molecule has 0 saturated heterocycles. The Morgan fingerprint density at radius 3 is 2.57 bits per heavy atom. The number of hydrogen-bond acceptors (Lipinski definition) is 5. The molecule has 0 saturated carbocycles. The lowest BCUT2D eigenvalue weighted by Gasteiger charge is -2.11. The first-order valence-electron chi connectivity index (χ1n) is 11.3. The van der Waals surface area contributed by atoms with Gasteiger partial charge in [0.15, 0.2) is 5.76 Å². The molecule has 0 aliphatic rings. The molecule has 174 valence electrons. The molecular weight excluding hydrogens is 443 g/mol. The molecule has 0 aliphatic carbocycles. The zero-order valence-electron chi connectivity index (χ0n) is 18.9. The Balaban J connectivity index is 1.35. The van der Waals surface area contributed by atoms with E-state index >= 15 is 0 Å². The van der Waals surface area contributed by atoms with Crippen LogP contribution in [0, 0.1) is 5.82 Å². The van der Waals surface area contributed by atoms with Crippen molar-refractivity contribution in [2.24, 2.45) is 0 Å². The molecule has 1 amide bonds. The highest BCUT2D eigenvalue weighted by molar-refractivity contribution is 5.92. The van der Waals surface area contributed by atoms with Gasteiger partial charge in [-0.05, 0) is 65.1 Å². The highest BCUT2D eigenvalue weighted by atomic mass is 19.1. The van der Waals surface area contributed by atoms with Gasteiger partial charge in [-0.25, -0.2) is 14.4 Å². The molecule has 5 aromatic rings. The summed E-state index contributed by atoms with van der Waals surface area (Å²) < 4.78 is 19.6. The van der Waals surface area contributed by atoms with Crippen LogP contribution >= 0.6 is 0 Å². The molecule has 0 spiro atoms. The van der Waals surface area contributed by atoms with E-state index in [1.54, 1.807) is 24.5 Å². The molecule has 3 aromatic carbocycles. The van der Waals surface area contributed by atoms with Gasteiger partial charge in [-0.3, -0.25) is 4.79 Å². The normalized spacial score (nSPS) is 10.9. The summed E-state index contributed by atoms with van der Waals surface area (Å²) in [6.07, 6.45) is 3.34. The summed E-state index contributed by atoms with van der Waals surface area (Å²) in [6, 6.07) is 24.3. The van der Waals surface area contributed by atoms with Gasteiger partial charge in [0.05, 0.1) is 11.8 Å². The van der Waals surface area contributed by atoms with Crippen LogP contribution < -0.4 is 10.6 Å². The van der Waals surface area contributed by atoms with E-state index in [1.807, 2.05) is 42.5 Å². The number of carbonyl (C=O) groups is 1. The van der Waals surface area contributed by atoms with E-state index in [0.29, 0.717) is 25.1 Å². The van der Waals surface area contributed by atoms with Crippen LogP contribution in [0.25, 0.3) is 22.0 Å². The molecular formula is C28H23FN4O2.